The van der Waals surface area contributed by atoms with Crippen LogP contribution < -0.4 is 19.9 Å². The van der Waals surface area contributed by atoms with Crippen molar-refractivity contribution in [3.05, 3.63) is 72.3 Å². The van der Waals surface area contributed by atoms with Crippen molar-refractivity contribution in [3.63, 3.8) is 0 Å². The number of methoxy groups -OCH3 is 1. The molecule has 0 aliphatic carbocycles. The Morgan fingerprint density at radius 1 is 1.06 bits per heavy atom. The first-order valence-electron chi connectivity index (χ1n) is 10.7. The molecule has 172 valence electrons. The van der Waals surface area contributed by atoms with Gasteiger partial charge in [0.1, 0.15) is 28.7 Å². The van der Waals surface area contributed by atoms with Gasteiger partial charge in [0.05, 0.1) is 12.9 Å². The third-order valence-electron chi connectivity index (χ3n) is 5.40. The molecule has 1 aliphatic heterocycles. The molecule has 0 bridgehead atoms. The average Bonchev–Trinajstić information content (AvgIpc) is 2.87. The number of rotatable bonds is 8. The molecule has 2 aromatic carbocycles. The zero-order chi connectivity index (χ0) is 23.0. The molecular weight excluding hydrogens is 441 g/mol. The van der Waals surface area contributed by atoms with Gasteiger partial charge in [-0.15, -0.1) is 0 Å². The van der Waals surface area contributed by atoms with Gasteiger partial charge in [0.25, 0.3) is 0 Å². The Morgan fingerprint density at radius 3 is 2.58 bits per heavy atom. The Labute approximate surface area is 197 Å². The molecule has 1 aromatic heterocycles. The molecule has 1 saturated heterocycles. The number of anilines is 2. The summed E-state index contributed by atoms with van der Waals surface area (Å²) in [4.78, 5) is 25.5. The lowest BCUT2D eigenvalue weighted by atomic mass is 10.2. The zero-order valence-electron chi connectivity index (χ0n) is 18.4. The molecule has 7 nitrogen and oxygen atoms in total. The number of aromatic nitrogens is 2. The molecule has 9 heteroatoms. The Hall–Kier alpha value is -3.33. The number of benzene rings is 2. The number of hydrogen-bond acceptors (Lipinski definition) is 7. The van der Waals surface area contributed by atoms with Crippen LogP contribution in [-0.2, 0) is 11.3 Å². The number of piperazine rings is 1. The molecule has 1 amide bonds. The first-order chi connectivity index (χ1) is 16.1. The monoisotopic (exact) mass is 467 g/mol. The highest BCUT2D eigenvalue weighted by molar-refractivity contribution is 7.99. The van der Waals surface area contributed by atoms with Gasteiger partial charge in [0.15, 0.2) is 0 Å². The number of amides is 1. The predicted molar refractivity (Wildman–Crippen MR) is 128 cm³/mol. The quantitative estimate of drug-likeness (QED) is 0.402. The molecule has 0 saturated carbocycles. The van der Waals surface area contributed by atoms with Gasteiger partial charge in [-0.25, -0.2) is 14.4 Å². The summed E-state index contributed by atoms with van der Waals surface area (Å²) in [5, 5.41) is 3.60. The number of carbonyl (C=O) groups is 1. The Kier molecular flexibility index (Phi) is 7.62. The molecule has 33 heavy (non-hydrogen) atoms. The summed E-state index contributed by atoms with van der Waals surface area (Å²) in [6.45, 7) is 3.82. The molecule has 1 aliphatic rings. The topological polar surface area (TPSA) is 70.6 Å². The van der Waals surface area contributed by atoms with Crippen LogP contribution in [0.2, 0.25) is 0 Å². The largest absolute Gasteiger partial charge is 0.497 e. The summed E-state index contributed by atoms with van der Waals surface area (Å²) >= 11 is 1.37. The van der Waals surface area contributed by atoms with Crippen LogP contribution in [0, 0.1) is 5.82 Å². The maximum absolute atomic E-state index is 13.0. The lowest BCUT2D eigenvalue weighted by Gasteiger charge is -2.36. The molecule has 0 radical (unpaired) electrons. The minimum absolute atomic E-state index is 0.101. The van der Waals surface area contributed by atoms with E-state index in [0.29, 0.717) is 6.54 Å². The first-order valence-corrected chi connectivity index (χ1v) is 11.7. The van der Waals surface area contributed by atoms with Crippen molar-refractivity contribution >= 4 is 29.2 Å². The molecule has 2 heterocycles. The van der Waals surface area contributed by atoms with Crippen LogP contribution in [0.3, 0.4) is 0 Å². The molecule has 3 aromatic rings. The van der Waals surface area contributed by atoms with Crippen LogP contribution in [-0.4, -0.2) is 54.9 Å². The maximum Gasteiger partial charge on any atom is 0.230 e. The lowest BCUT2D eigenvalue weighted by Crippen LogP contribution is -2.46. The number of hydrogen-bond donors (Lipinski definition) is 1. The van der Waals surface area contributed by atoms with Crippen molar-refractivity contribution in [2.24, 2.45) is 0 Å². The third-order valence-corrected chi connectivity index (χ3v) is 6.33. The fraction of sp³-hybridized carbons (Fsp3) is 0.292. The van der Waals surface area contributed by atoms with E-state index in [1.54, 1.807) is 25.6 Å². The molecule has 1 fully saturated rings. The average molecular weight is 468 g/mol. The van der Waals surface area contributed by atoms with Gasteiger partial charge in [0, 0.05) is 50.5 Å². The van der Waals surface area contributed by atoms with Crippen molar-refractivity contribution in [3.8, 4) is 5.75 Å². The van der Waals surface area contributed by atoms with Crippen molar-refractivity contribution < 1.29 is 13.9 Å². The minimum Gasteiger partial charge on any atom is -0.497 e. The van der Waals surface area contributed by atoms with Gasteiger partial charge >= 0.3 is 0 Å². The second-order valence-corrected chi connectivity index (χ2v) is 8.58. The fourth-order valence-corrected chi connectivity index (χ4v) is 4.27. The highest BCUT2D eigenvalue weighted by atomic mass is 32.2. The van der Waals surface area contributed by atoms with Crippen LogP contribution in [0.15, 0.2) is 66.0 Å². The van der Waals surface area contributed by atoms with E-state index in [9.17, 15) is 9.18 Å². The van der Waals surface area contributed by atoms with E-state index in [4.69, 9.17) is 4.74 Å². The molecule has 0 spiro atoms. The lowest BCUT2D eigenvalue weighted by molar-refractivity contribution is -0.118. The third kappa shape index (κ3) is 6.35. The summed E-state index contributed by atoms with van der Waals surface area (Å²) in [6, 6.07) is 16.1. The number of nitrogens with zero attached hydrogens (tertiary/aromatic N) is 4. The van der Waals surface area contributed by atoms with Crippen molar-refractivity contribution in [1.82, 2.24) is 15.3 Å². The Balaban J connectivity index is 1.26. The Morgan fingerprint density at radius 2 is 1.82 bits per heavy atom. The smallest absolute Gasteiger partial charge is 0.230 e. The van der Waals surface area contributed by atoms with E-state index < -0.39 is 0 Å². The van der Waals surface area contributed by atoms with E-state index in [1.165, 1.54) is 23.9 Å². The van der Waals surface area contributed by atoms with Gasteiger partial charge in [-0.2, -0.15) is 0 Å². The number of carbonyl (C=O) groups excluding carboxylic acids is 1. The van der Waals surface area contributed by atoms with Crippen LogP contribution in [0.4, 0.5) is 15.9 Å². The van der Waals surface area contributed by atoms with Crippen LogP contribution >= 0.6 is 11.8 Å². The molecule has 4 rings (SSSR count). The van der Waals surface area contributed by atoms with E-state index in [1.807, 2.05) is 18.2 Å². The van der Waals surface area contributed by atoms with E-state index >= 15 is 0 Å². The van der Waals surface area contributed by atoms with Gasteiger partial charge < -0.3 is 19.9 Å². The van der Waals surface area contributed by atoms with E-state index in [2.05, 4.69) is 37.2 Å². The summed E-state index contributed by atoms with van der Waals surface area (Å²) in [7, 11) is 1.68. The zero-order valence-corrected chi connectivity index (χ0v) is 19.2. The molecule has 1 N–H and O–H groups in total. The Bertz CT molecular complexity index is 1070. The van der Waals surface area contributed by atoms with Gasteiger partial charge in [-0.1, -0.05) is 30.0 Å². The maximum atomic E-state index is 13.0. The molecule has 0 atom stereocenters. The fourth-order valence-electron chi connectivity index (χ4n) is 3.58. The summed E-state index contributed by atoms with van der Waals surface area (Å²) in [5.41, 5.74) is 2.01. The second-order valence-electron chi connectivity index (χ2n) is 7.58. The molecular formula is C24H26FN5O2S. The number of ether oxygens (including phenoxy) is 1. The first kappa shape index (κ1) is 22.8. The van der Waals surface area contributed by atoms with Crippen molar-refractivity contribution in [1.29, 1.82) is 0 Å². The number of nitrogens with one attached hydrogen (secondary N) is 1. The minimum atomic E-state index is -0.290. The summed E-state index contributed by atoms with van der Waals surface area (Å²) in [5.74, 6) is 1.58. The van der Waals surface area contributed by atoms with Gasteiger partial charge in [-0.3, -0.25) is 4.79 Å². The second kappa shape index (κ2) is 11.0. The summed E-state index contributed by atoms with van der Waals surface area (Å²) < 4.78 is 18.3. The normalized spacial score (nSPS) is 13.6. The standard InChI is InChI=1S/C24H26FN5O2S/c1-32-21-4-2-3-20(13-21)29-9-11-30(12-10-29)22-14-24(28-17-27-22)33-16-23(31)26-15-18-5-7-19(25)8-6-18/h2-8,13-14,17H,9-12,15-16H2,1H3,(H,26,31). The SMILES string of the molecule is COc1cccc(N2CCN(c3cc(SCC(=O)NCc4ccc(F)cc4)ncn3)CC2)c1. The van der Waals surface area contributed by atoms with Crippen molar-refractivity contribution in [2.75, 3.05) is 48.8 Å². The number of thioether (sulfide) groups is 1. The van der Waals surface area contributed by atoms with Crippen LogP contribution in [0.25, 0.3) is 0 Å². The summed E-state index contributed by atoms with van der Waals surface area (Å²) in [6.07, 6.45) is 1.54. The predicted octanol–water partition coefficient (Wildman–Crippen LogP) is 3.36. The number of halogens is 1. The van der Waals surface area contributed by atoms with E-state index in [-0.39, 0.29) is 17.5 Å². The van der Waals surface area contributed by atoms with Crippen molar-refractivity contribution in [2.45, 2.75) is 11.6 Å². The van der Waals surface area contributed by atoms with Gasteiger partial charge in [-0.05, 0) is 29.8 Å². The highest BCUT2D eigenvalue weighted by Gasteiger charge is 2.19. The highest BCUT2D eigenvalue weighted by Crippen LogP contribution is 2.24. The van der Waals surface area contributed by atoms with Crippen LogP contribution in [0.1, 0.15) is 5.56 Å². The molecule has 0 unspecified atom stereocenters. The van der Waals surface area contributed by atoms with E-state index in [0.717, 1.165) is 54.0 Å². The van der Waals surface area contributed by atoms with Gasteiger partial charge in [0.2, 0.25) is 5.91 Å². The van der Waals surface area contributed by atoms with Crippen LogP contribution in [0.5, 0.6) is 5.75 Å².